The topological polar surface area (TPSA) is 39.4 Å². The average molecular weight is 250 g/mol. The van der Waals surface area contributed by atoms with Crippen LogP contribution < -0.4 is 0 Å². The molecular weight excluding hydrogens is 240 g/mol. The van der Waals surface area contributed by atoms with Crippen LogP contribution in [0.3, 0.4) is 0 Å². The first kappa shape index (κ1) is 10.4. The summed E-state index contributed by atoms with van der Waals surface area (Å²) in [4.78, 5) is 12.0. The van der Waals surface area contributed by atoms with Crippen LogP contribution in [0.15, 0.2) is 53.1 Å². The Morgan fingerprint density at radius 1 is 1.00 bits per heavy atom. The van der Waals surface area contributed by atoms with Crippen molar-refractivity contribution in [1.29, 1.82) is 0 Å². The van der Waals surface area contributed by atoms with Gasteiger partial charge in [0.15, 0.2) is 0 Å². The first-order chi connectivity index (χ1) is 9.34. The van der Waals surface area contributed by atoms with Crippen molar-refractivity contribution in [2.45, 2.75) is 6.61 Å². The summed E-state index contributed by atoms with van der Waals surface area (Å²) in [6.45, 7) is 0.324. The van der Waals surface area contributed by atoms with Crippen LogP contribution in [0, 0.1) is 0 Å². The molecule has 2 aromatic carbocycles. The number of carbonyl (C=O) groups is 1. The van der Waals surface area contributed by atoms with Crippen molar-refractivity contribution in [3.05, 3.63) is 59.9 Å². The molecule has 0 radical (unpaired) electrons. The highest BCUT2D eigenvalue weighted by Gasteiger charge is 2.28. The van der Waals surface area contributed by atoms with Gasteiger partial charge in [-0.2, -0.15) is 0 Å². The second-order valence-corrected chi connectivity index (χ2v) is 4.56. The molecule has 0 bridgehead atoms. The third-order valence-corrected chi connectivity index (χ3v) is 3.47. The monoisotopic (exact) mass is 250 g/mol. The molecule has 0 N–H and O–H groups in total. The molecule has 1 aliphatic rings. The summed E-state index contributed by atoms with van der Waals surface area (Å²) < 4.78 is 10.6. The first-order valence-electron chi connectivity index (χ1n) is 6.10. The molecule has 0 fully saturated rings. The SMILES string of the molecule is O=C1OCc2cc3occc3c(-c3ccccc3)c21. The molecule has 0 atom stereocenters. The third kappa shape index (κ3) is 1.41. The van der Waals surface area contributed by atoms with E-state index in [0.717, 1.165) is 27.7 Å². The lowest BCUT2D eigenvalue weighted by Crippen LogP contribution is -1.97. The lowest BCUT2D eigenvalue weighted by molar-refractivity contribution is 0.0535. The smallest absolute Gasteiger partial charge is 0.339 e. The number of furan rings is 1. The van der Waals surface area contributed by atoms with Crippen molar-refractivity contribution in [3.8, 4) is 11.1 Å². The largest absolute Gasteiger partial charge is 0.464 e. The number of rotatable bonds is 1. The number of cyclic esters (lactones) is 1. The molecule has 3 heteroatoms. The Labute approximate surface area is 109 Å². The molecular formula is C16H10O3. The highest BCUT2D eigenvalue weighted by Crippen LogP contribution is 2.38. The van der Waals surface area contributed by atoms with E-state index in [1.54, 1.807) is 6.26 Å². The number of hydrogen-bond donors (Lipinski definition) is 0. The molecule has 4 rings (SSSR count). The van der Waals surface area contributed by atoms with Gasteiger partial charge < -0.3 is 9.15 Å². The van der Waals surface area contributed by atoms with Gasteiger partial charge in [0.1, 0.15) is 12.2 Å². The number of benzene rings is 2. The molecule has 0 spiro atoms. The highest BCUT2D eigenvalue weighted by atomic mass is 16.5. The van der Waals surface area contributed by atoms with Crippen LogP contribution >= 0.6 is 0 Å². The maximum Gasteiger partial charge on any atom is 0.339 e. The van der Waals surface area contributed by atoms with Crippen LogP contribution in [0.2, 0.25) is 0 Å². The van der Waals surface area contributed by atoms with Crippen LogP contribution in [-0.2, 0) is 11.3 Å². The number of hydrogen-bond acceptors (Lipinski definition) is 3. The van der Waals surface area contributed by atoms with Crippen molar-refractivity contribution in [1.82, 2.24) is 0 Å². The summed E-state index contributed by atoms with van der Waals surface area (Å²) in [5.74, 6) is -0.253. The molecule has 0 amide bonds. The quantitative estimate of drug-likeness (QED) is 0.617. The van der Waals surface area contributed by atoms with Crippen molar-refractivity contribution in [2.75, 3.05) is 0 Å². The maximum atomic E-state index is 12.0. The Kier molecular flexibility index (Phi) is 2.03. The zero-order valence-corrected chi connectivity index (χ0v) is 10.1. The molecule has 0 saturated carbocycles. The first-order valence-corrected chi connectivity index (χ1v) is 6.10. The van der Waals surface area contributed by atoms with Gasteiger partial charge in [0.05, 0.1) is 11.8 Å². The van der Waals surface area contributed by atoms with Gasteiger partial charge >= 0.3 is 5.97 Å². The second-order valence-electron chi connectivity index (χ2n) is 4.56. The van der Waals surface area contributed by atoms with E-state index in [1.165, 1.54) is 0 Å². The Bertz CT molecular complexity index is 784. The van der Waals surface area contributed by atoms with Crippen molar-refractivity contribution < 1.29 is 13.9 Å². The number of fused-ring (bicyclic) bond motifs is 2. The maximum absolute atomic E-state index is 12.0. The summed E-state index contributed by atoms with van der Waals surface area (Å²) in [6.07, 6.45) is 1.65. The molecule has 0 saturated heterocycles. The normalized spacial score (nSPS) is 13.6. The van der Waals surface area contributed by atoms with E-state index < -0.39 is 0 Å². The summed E-state index contributed by atoms with van der Waals surface area (Å²) in [6, 6.07) is 13.6. The van der Waals surface area contributed by atoms with E-state index in [1.807, 2.05) is 42.5 Å². The Balaban J connectivity index is 2.16. The van der Waals surface area contributed by atoms with E-state index in [4.69, 9.17) is 9.15 Å². The third-order valence-electron chi connectivity index (χ3n) is 3.47. The highest BCUT2D eigenvalue weighted by molar-refractivity contribution is 6.09. The van der Waals surface area contributed by atoms with Gasteiger partial charge in [-0.25, -0.2) is 4.79 Å². The lowest BCUT2D eigenvalue weighted by atomic mass is 9.93. The Morgan fingerprint density at radius 3 is 2.68 bits per heavy atom. The van der Waals surface area contributed by atoms with Crippen LogP contribution in [0.1, 0.15) is 15.9 Å². The molecule has 2 heterocycles. The average Bonchev–Trinajstić information content (AvgIpc) is 3.05. The molecule has 1 aromatic heterocycles. The van der Waals surface area contributed by atoms with Gasteiger partial charge in [0, 0.05) is 16.5 Å². The fourth-order valence-electron chi connectivity index (χ4n) is 2.63. The Hall–Kier alpha value is -2.55. The zero-order chi connectivity index (χ0) is 12.8. The van der Waals surface area contributed by atoms with Gasteiger partial charge in [-0.05, 0) is 17.7 Å². The predicted octanol–water partition coefficient (Wildman–Crippen LogP) is 3.77. The Morgan fingerprint density at radius 2 is 1.84 bits per heavy atom. The molecule has 19 heavy (non-hydrogen) atoms. The van der Waals surface area contributed by atoms with Crippen molar-refractivity contribution >= 4 is 16.9 Å². The standard InChI is InChI=1S/C16H10O3/c17-16-15-11(9-19-16)8-13-12(6-7-18-13)14(15)10-4-2-1-3-5-10/h1-8H,9H2. The molecule has 0 unspecified atom stereocenters. The fraction of sp³-hybridized carbons (Fsp3) is 0.0625. The van der Waals surface area contributed by atoms with Crippen LogP contribution in [0.4, 0.5) is 0 Å². The number of ether oxygens (including phenoxy) is 1. The van der Waals surface area contributed by atoms with Gasteiger partial charge in [-0.3, -0.25) is 0 Å². The fourth-order valence-corrected chi connectivity index (χ4v) is 2.63. The van der Waals surface area contributed by atoms with E-state index in [0.29, 0.717) is 12.2 Å². The minimum Gasteiger partial charge on any atom is -0.464 e. The van der Waals surface area contributed by atoms with Crippen molar-refractivity contribution in [3.63, 3.8) is 0 Å². The summed E-state index contributed by atoms with van der Waals surface area (Å²) in [5, 5.41) is 0.948. The zero-order valence-electron chi connectivity index (χ0n) is 10.1. The number of esters is 1. The van der Waals surface area contributed by atoms with Gasteiger partial charge in [-0.15, -0.1) is 0 Å². The molecule has 1 aliphatic heterocycles. The minimum atomic E-state index is -0.253. The molecule has 3 aromatic rings. The molecule has 0 aliphatic carbocycles. The van der Waals surface area contributed by atoms with Gasteiger partial charge in [0.25, 0.3) is 0 Å². The predicted molar refractivity (Wildman–Crippen MR) is 70.8 cm³/mol. The minimum absolute atomic E-state index is 0.253. The van der Waals surface area contributed by atoms with E-state index in [2.05, 4.69) is 0 Å². The molecule has 3 nitrogen and oxygen atoms in total. The van der Waals surface area contributed by atoms with Crippen molar-refractivity contribution in [2.24, 2.45) is 0 Å². The number of carbonyl (C=O) groups excluding carboxylic acids is 1. The van der Waals surface area contributed by atoms with Gasteiger partial charge in [0.2, 0.25) is 0 Å². The van der Waals surface area contributed by atoms with Crippen LogP contribution in [0.5, 0.6) is 0 Å². The second kappa shape index (κ2) is 3.72. The van der Waals surface area contributed by atoms with E-state index >= 15 is 0 Å². The van der Waals surface area contributed by atoms with Gasteiger partial charge in [-0.1, -0.05) is 30.3 Å². The lowest BCUT2D eigenvalue weighted by Gasteiger charge is -2.07. The summed E-state index contributed by atoms with van der Waals surface area (Å²) in [7, 11) is 0. The summed E-state index contributed by atoms with van der Waals surface area (Å²) in [5.41, 5.74) is 4.26. The van der Waals surface area contributed by atoms with Crippen LogP contribution in [-0.4, -0.2) is 5.97 Å². The van der Waals surface area contributed by atoms with E-state index in [-0.39, 0.29) is 5.97 Å². The molecule has 92 valence electrons. The summed E-state index contributed by atoms with van der Waals surface area (Å²) >= 11 is 0. The van der Waals surface area contributed by atoms with E-state index in [9.17, 15) is 4.79 Å². The van der Waals surface area contributed by atoms with Crippen LogP contribution in [0.25, 0.3) is 22.1 Å².